The van der Waals surface area contributed by atoms with E-state index in [2.05, 4.69) is 37.1 Å². The van der Waals surface area contributed by atoms with Crippen molar-refractivity contribution in [2.75, 3.05) is 11.1 Å². The Morgan fingerprint density at radius 1 is 1.33 bits per heavy atom. The Labute approximate surface area is 159 Å². The number of carbonyl (C=O) groups excluding carboxylic acids is 1. The maximum absolute atomic E-state index is 11.3. The van der Waals surface area contributed by atoms with Crippen molar-refractivity contribution in [3.05, 3.63) is 30.7 Å². The average molecular weight is 378 g/mol. The van der Waals surface area contributed by atoms with E-state index in [4.69, 9.17) is 5.73 Å². The molecule has 3 heterocycles. The minimum absolute atomic E-state index is 0.122. The van der Waals surface area contributed by atoms with E-state index < -0.39 is 0 Å². The molecule has 0 spiro atoms. The molecule has 0 radical (unpaired) electrons. The molecule has 1 saturated carbocycles. The summed E-state index contributed by atoms with van der Waals surface area (Å²) in [6.45, 7) is 1.48. The molecular formula is C19H18N6OS. The molecule has 8 heteroatoms. The van der Waals surface area contributed by atoms with E-state index in [0.29, 0.717) is 17.0 Å². The van der Waals surface area contributed by atoms with E-state index in [9.17, 15) is 4.79 Å². The molecule has 0 saturated heterocycles. The Hall–Kier alpha value is -3.00. The van der Waals surface area contributed by atoms with Crippen LogP contribution in [-0.4, -0.2) is 25.4 Å². The summed E-state index contributed by atoms with van der Waals surface area (Å²) >= 11 is 1.46. The summed E-state index contributed by atoms with van der Waals surface area (Å²) in [5, 5.41) is 4.26. The Morgan fingerprint density at radius 3 is 2.93 bits per heavy atom. The first kappa shape index (κ1) is 16.2. The number of rotatable bonds is 3. The van der Waals surface area contributed by atoms with Crippen LogP contribution >= 0.6 is 11.3 Å². The van der Waals surface area contributed by atoms with Crippen molar-refractivity contribution < 1.29 is 4.79 Å². The molecule has 0 atom stereocenters. The molecule has 3 N–H and O–H groups in total. The predicted octanol–water partition coefficient (Wildman–Crippen LogP) is 3.97. The zero-order valence-electron chi connectivity index (χ0n) is 14.8. The molecule has 7 nitrogen and oxygen atoms in total. The van der Waals surface area contributed by atoms with Crippen molar-refractivity contribution >= 4 is 49.4 Å². The van der Waals surface area contributed by atoms with Crippen molar-refractivity contribution in [2.24, 2.45) is 0 Å². The normalized spacial score (nSPS) is 14.6. The lowest BCUT2D eigenvalue weighted by molar-refractivity contribution is -0.114. The monoisotopic (exact) mass is 378 g/mol. The Kier molecular flexibility index (Phi) is 3.61. The molecule has 1 aliphatic carbocycles. The number of hydrogen-bond donors (Lipinski definition) is 2. The zero-order chi connectivity index (χ0) is 18.5. The fourth-order valence-electron chi connectivity index (χ4n) is 3.57. The van der Waals surface area contributed by atoms with Gasteiger partial charge in [0.25, 0.3) is 0 Å². The van der Waals surface area contributed by atoms with Crippen LogP contribution in [-0.2, 0) is 4.79 Å². The second-order valence-electron chi connectivity index (χ2n) is 6.87. The van der Waals surface area contributed by atoms with E-state index in [1.54, 1.807) is 0 Å². The molecule has 1 fully saturated rings. The first-order chi connectivity index (χ1) is 13.1. The van der Waals surface area contributed by atoms with E-state index >= 15 is 0 Å². The zero-order valence-corrected chi connectivity index (χ0v) is 15.6. The molecule has 0 unspecified atom stereocenters. The number of carbonyl (C=O) groups is 1. The number of aromatic nitrogens is 4. The molecule has 1 amide bonds. The van der Waals surface area contributed by atoms with Crippen LogP contribution in [0, 0.1) is 0 Å². The van der Waals surface area contributed by atoms with Crippen molar-refractivity contribution in [2.45, 2.75) is 32.2 Å². The standard InChI is InChI=1S/C19H18N6OS/c1-10(26)23-19-24-14-6-5-11(7-15(14)27-19)13-8-25(12-3-2-4-12)18-16(13)17(20)21-9-22-18/h5-9,12H,2-4H2,1H3,(H2,20,21,22)(H,23,24,26). The number of benzene rings is 1. The van der Waals surface area contributed by atoms with Gasteiger partial charge in [0, 0.05) is 24.7 Å². The first-order valence-electron chi connectivity index (χ1n) is 8.90. The van der Waals surface area contributed by atoms with Gasteiger partial charge in [-0.2, -0.15) is 0 Å². The smallest absolute Gasteiger partial charge is 0.223 e. The molecule has 136 valence electrons. The fourth-order valence-corrected chi connectivity index (χ4v) is 4.52. The third-order valence-electron chi connectivity index (χ3n) is 5.09. The van der Waals surface area contributed by atoms with Gasteiger partial charge in [0.15, 0.2) is 5.13 Å². The van der Waals surface area contributed by atoms with Gasteiger partial charge in [-0.15, -0.1) is 0 Å². The van der Waals surface area contributed by atoms with Gasteiger partial charge in [-0.25, -0.2) is 15.0 Å². The third kappa shape index (κ3) is 2.64. The molecular weight excluding hydrogens is 360 g/mol. The maximum atomic E-state index is 11.3. The molecule has 0 bridgehead atoms. The summed E-state index contributed by atoms with van der Waals surface area (Å²) in [6, 6.07) is 6.57. The highest BCUT2D eigenvalue weighted by molar-refractivity contribution is 7.22. The summed E-state index contributed by atoms with van der Waals surface area (Å²) < 4.78 is 3.25. The van der Waals surface area contributed by atoms with Crippen LogP contribution in [0.15, 0.2) is 30.7 Å². The van der Waals surface area contributed by atoms with Gasteiger partial charge in [0.05, 0.1) is 15.6 Å². The summed E-state index contributed by atoms with van der Waals surface area (Å²) in [4.78, 5) is 24.5. The molecule has 1 aromatic carbocycles. The second-order valence-corrected chi connectivity index (χ2v) is 7.91. The Morgan fingerprint density at radius 2 is 2.19 bits per heavy atom. The van der Waals surface area contributed by atoms with Gasteiger partial charge in [-0.05, 0) is 37.0 Å². The quantitative estimate of drug-likeness (QED) is 0.562. The van der Waals surface area contributed by atoms with Crippen LogP contribution in [0.4, 0.5) is 10.9 Å². The largest absolute Gasteiger partial charge is 0.383 e. The number of nitrogens with two attached hydrogens (primary N) is 1. The van der Waals surface area contributed by atoms with Gasteiger partial charge >= 0.3 is 0 Å². The van der Waals surface area contributed by atoms with Gasteiger partial charge < -0.3 is 15.6 Å². The van der Waals surface area contributed by atoms with E-state index in [0.717, 1.165) is 32.4 Å². The second kappa shape index (κ2) is 6.02. The minimum atomic E-state index is -0.122. The lowest BCUT2D eigenvalue weighted by Gasteiger charge is -2.27. The maximum Gasteiger partial charge on any atom is 0.223 e. The Bertz CT molecular complexity index is 1190. The molecule has 27 heavy (non-hydrogen) atoms. The van der Waals surface area contributed by atoms with E-state index in [1.807, 2.05) is 12.1 Å². The lowest BCUT2D eigenvalue weighted by atomic mass is 9.93. The highest BCUT2D eigenvalue weighted by atomic mass is 32.1. The number of nitrogen functional groups attached to an aromatic ring is 1. The molecule has 1 aliphatic rings. The highest BCUT2D eigenvalue weighted by Crippen LogP contribution is 2.40. The highest BCUT2D eigenvalue weighted by Gasteiger charge is 2.24. The van der Waals surface area contributed by atoms with Crippen molar-refractivity contribution in [3.63, 3.8) is 0 Å². The summed E-state index contributed by atoms with van der Waals surface area (Å²) in [5.41, 5.74) is 10.1. The minimum Gasteiger partial charge on any atom is -0.383 e. The number of nitrogens with zero attached hydrogens (tertiary/aromatic N) is 4. The predicted molar refractivity (Wildman–Crippen MR) is 108 cm³/mol. The molecule has 5 rings (SSSR count). The lowest BCUT2D eigenvalue weighted by Crippen LogP contribution is -2.16. The number of thiazole rings is 1. The van der Waals surface area contributed by atoms with Gasteiger partial charge in [0.1, 0.15) is 17.8 Å². The summed E-state index contributed by atoms with van der Waals surface area (Å²) in [7, 11) is 0. The van der Waals surface area contributed by atoms with Crippen LogP contribution in [0.2, 0.25) is 0 Å². The number of anilines is 2. The number of hydrogen-bond acceptors (Lipinski definition) is 6. The van der Waals surface area contributed by atoms with Gasteiger partial charge in [0.2, 0.25) is 5.91 Å². The van der Waals surface area contributed by atoms with Crippen LogP contribution in [0.5, 0.6) is 0 Å². The third-order valence-corrected chi connectivity index (χ3v) is 6.02. The van der Waals surface area contributed by atoms with Crippen molar-refractivity contribution in [3.8, 4) is 11.1 Å². The summed E-state index contributed by atoms with van der Waals surface area (Å²) in [5.74, 6) is 0.374. The molecule has 0 aliphatic heterocycles. The van der Waals surface area contributed by atoms with Gasteiger partial charge in [-0.1, -0.05) is 17.4 Å². The van der Waals surface area contributed by atoms with Gasteiger partial charge in [-0.3, -0.25) is 4.79 Å². The van der Waals surface area contributed by atoms with Crippen molar-refractivity contribution in [1.29, 1.82) is 0 Å². The van der Waals surface area contributed by atoms with E-state index in [-0.39, 0.29) is 5.91 Å². The summed E-state index contributed by atoms with van der Waals surface area (Å²) in [6.07, 6.45) is 7.26. The first-order valence-corrected chi connectivity index (χ1v) is 9.71. The number of amides is 1. The molecule has 4 aromatic rings. The van der Waals surface area contributed by atoms with Crippen LogP contribution in [0.1, 0.15) is 32.2 Å². The number of fused-ring (bicyclic) bond motifs is 2. The topological polar surface area (TPSA) is 98.7 Å². The van der Waals surface area contributed by atoms with Crippen LogP contribution in [0.25, 0.3) is 32.4 Å². The number of nitrogens with one attached hydrogen (secondary N) is 1. The SMILES string of the molecule is CC(=O)Nc1nc2ccc(-c3cn(C4CCC4)c4ncnc(N)c34)cc2s1. The Balaban J connectivity index is 1.67. The molecule has 3 aromatic heterocycles. The van der Waals surface area contributed by atoms with Crippen LogP contribution < -0.4 is 11.1 Å². The average Bonchev–Trinajstić information content (AvgIpc) is 3.14. The van der Waals surface area contributed by atoms with E-state index in [1.165, 1.54) is 43.9 Å². The fraction of sp³-hybridized carbons (Fsp3) is 0.263. The van der Waals surface area contributed by atoms with Crippen LogP contribution in [0.3, 0.4) is 0 Å². The van der Waals surface area contributed by atoms with Crippen molar-refractivity contribution in [1.82, 2.24) is 19.5 Å².